The zero-order chi connectivity index (χ0) is 6.69. The molecular weight excluding hydrogens is 215 g/mol. The molecule has 0 aromatic heterocycles. The molecule has 0 atom stereocenters. The molecule has 0 aliphatic carbocycles. The summed E-state index contributed by atoms with van der Waals surface area (Å²) in [5, 5.41) is 0. The molecule has 0 N–H and O–H groups in total. The molecule has 1 heteroatoms. The Hall–Kier alpha value is 0.0187. The molecule has 0 saturated carbocycles. The van der Waals surface area contributed by atoms with Gasteiger partial charge in [-0.2, -0.15) is 0 Å². The quantitative estimate of drug-likeness (QED) is 0.619. The first-order chi connectivity index (χ1) is 4.34. The van der Waals surface area contributed by atoms with E-state index in [1.165, 1.54) is 38.1 Å². The minimum absolute atomic E-state index is 1.18. The fourth-order valence-corrected chi connectivity index (χ4v) is 2.03. The van der Waals surface area contributed by atoms with Crippen molar-refractivity contribution in [1.82, 2.24) is 0 Å². The van der Waals surface area contributed by atoms with Gasteiger partial charge in [-0.15, -0.1) is 0 Å². The summed E-state index contributed by atoms with van der Waals surface area (Å²) in [5.74, 6) is 0. The van der Waals surface area contributed by atoms with E-state index >= 15 is 0 Å². The summed E-state index contributed by atoms with van der Waals surface area (Å²) in [6, 6.07) is 8.64. The minimum atomic E-state index is 1.18. The molecule has 2 radical (unpaired) electrons. The van der Waals surface area contributed by atoms with Crippen molar-refractivity contribution in [3.63, 3.8) is 0 Å². The van der Waals surface area contributed by atoms with Crippen molar-refractivity contribution in [1.29, 1.82) is 0 Å². The summed E-state index contributed by atoms with van der Waals surface area (Å²) in [4.78, 5) is 0. The van der Waals surface area contributed by atoms with Gasteiger partial charge in [-0.1, -0.05) is 0 Å². The molecule has 0 fully saturated rings. The second-order valence-electron chi connectivity index (χ2n) is 2.05. The Balaban J connectivity index is 3.01. The molecule has 1 aromatic rings. The van der Waals surface area contributed by atoms with Gasteiger partial charge in [0.25, 0.3) is 0 Å². The third-order valence-corrected chi connectivity index (χ3v) is 3.04. The molecule has 0 spiro atoms. The molecular formula is C8H10Sn. The Labute approximate surface area is 69.4 Å². The van der Waals surface area contributed by atoms with Gasteiger partial charge in [-0.25, -0.2) is 0 Å². The summed E-state index contributed by atoms with van der Waals surface area (Å²) >= 11 is 1.25. The molecule has 0 aliphatic heterocycles. The van der Waals surface area contributed by atoms with Gasteiger partial charge < -0.3 is 0 Å². The van der Waals surface area contributed by atoms with E-state index in [1.54, 1.807) is 0 Å². The Morgan fingerprint density at radius 1 is 1.33 bits per heavy atom. The summed E-state index contributed by atoms with van der Waals surface area (Å²) < 4.78 is 1.53. The first kappa shape index (κ1) is 7.13. The molecule has 1 aromatic carbocycles. The topological polar surface area (TPSA) is 0 Å². The Bertz CT molecular complexity index is 194. The van der Waals surface area contributed by atoms with Gasteiger partial charge in [0, 0.05) is 0 Å². The molecule has 46 valence electrons. The maximum atomic E-state index is 2.21. The van der Waals surface area contributed by atoms with E-state index in [0.717, 1.165) is 0 Å². The van der Waals surface area contributed by atoms with Crippen LogP contribution >= 0.6 is 0 Å². The van der Waals surface area contributed by atoms with Crippen LogP contribution in [0.3, 0.4) is 0 Å². The number of aryl methyl sites for hydroxylation is 1. The summed E-state index contributed by atoms with van der Waals surface area (Å²) in [6.07, 6.45) is 1.18. The second kappa shape index (κ2) is 3.25. The maximum absolute atomic E-state index is 2.21. The van der Waals surface area contributed by atoms with Crippen LogP contribution in [0.1, 0.15) is 12.5 Å². The number of rotatable bonds is 1. The zero-order valence-corrected chi connectivity index (χ0v) is 8.89. The summed E-state index contributed by atoms with van der Waals surface area (Å²) in [5.41, 5.74) is 1.51. The third-order valence-electron chi connectivity index (χ3n) is 1.44. The average molecular weight is 225 g/mol. The predicted molar refractivity (Wildman–Crippen MR) is 42.6 cm³/mol. The van der Waals surface area contributed by atoms with E-state index in [-0.39, 0.29) is 0 Å². The fourth-order valence-electron chi connectivity index (χ4n) is 0.856. The molecule has 1 rings (SSSR count). The van der Waals surface area contributed by atoms with Crippen LogP contribution in [-0.2, 0) is 6.42 Å². The fraction of sp³-hybridized carbons (Fsp3) is 0.250. The van der Waals surface area contributed by atoms with Gasteiger partial charge in [0.1, 0.15) is 0 Å². The molecule has 9 heavy (non-hydrogen) atoms. The predicted octanol–water partition coefficient (Wildman–Crippen LogP) is 0.775. The van der Waals surface area contributed by atoms with E-state index in [1.807, 2.05) is 0 Å². The summed E-state index contributed by atoms with van der Waals surface area (Å²) in [6.45, 7) is 2.20. The van der Waals surface area contributed by atoms with Crippen LogP contribution in [0.2, 0.25) is 0 Å². The average Bonchev–Trinajstić information content (AvgIpc) is 1.89. The standard InChI is InChI=1S/C8H9.Sn.H/c1-2-8-6-4-3-5-7-8;;/h3-6H,2H2,1H3;;. The van der Waals surface area contributed by atoms with E-state index in [4.69, 9.17) is 0 Å². The molecule has 0 bridgehead atoms. The van der Waals surface area contributed by atoms with Gasteiger partial charge in [0.15, 0.2) is 0 Å². The van der Waals surface area contributed by atoms with Crippen molar-refractivity contribution in [3.05, 3.63) is 29.8 Å². The van der Waals surface area contributed by atoms with E-state index in [2.05, 4.69) is 31.2 Å². The van der Waals surface area contributed by atoms with Gasteiger partial charge in [-0.05, 0) is 0 Å². The monoisotopic (exact) mass is 226 g/mol. The molecule has 0 unspecified atom stereocenters. The zero-order valence-electron chi connectivity index (χ0n) is 5.59. The Morgan fingerprint density at radius 2 is 2.00 bits per heavy atom. The van der Waals surface area contributed by atoms with Crippen molar-refractivity contribution in [2.75, 3.05) is 0 Å². The van der Waals surface area contributed by atoms with Crippen molar-refractivity contribution in [2.45, 2.75) is 13.3 Å². The molecule has 0 saturated heterocycles. The Kier molecular flexibility index (Phi) is 2.58. The SMILES string of the molecule is CCc1cccc[c]1[SnH]. The van der Waals surface area contributed by atoms with Crippen LogP contribution in [0, 0.1) is 0 Å². The number of hydrogen-bond donors (Lipinski definition) is 0. The summed E-state index contributed by atoms with van der Waals surface area (Å²) in [7, 11) is 0. The van der Waals surface area contributed by atoms with E-state index in [0.29, 0.717) is 0 Å². The van der Waals surface area contributed by atoms with Crippen LogP contribution in [0.25, 0.3) is 0 Å². The normalized spacial score (nSPS) is 9.56. The van der Waals surface area contributed by atoms with Crippen LogP contribution < -0.4 is 3.58 Å². The van der Waals surface area contributed by atoms with Gasteiger partial charge in [0.05, 0.1) is 0 Å². The van der Waals surface area contributed by atoms with E-state index in [9.17, 15) is 0 Å². The molecule has 0 heterocycles. The van der Waals surface area contributed by atoms with E-state index < -0.39 is 0 Å². The van der Waals surface area contributed by atoms with Crippen molar-refractivity contribution in [3.8, 4) is 0 Å². The van der Waals surface area contributed by atoms with Crippen LogP contribution in [-0.4, -0.2) is 22.5 Å². The van der Waals surface area contributed by atoms with Gasteiger partial charge in [0.2, 0.25) is 0 Å². The van der Waals surface area contributed by atoms with Crippen molar-refractivity contribution < 1.29 is 0 Å². The van der Waals surface area contributed by atoms with Crippen molar-refractivity contribution >= 4 is 26.1 Å². The first-order valence-corrected chi connectivity index (χ1v) is 4.82. The molecule has 0 aliphatic rings. The van der Waals surface area contributed by atoms with Crippen LogP contribution in [0.5, 0.6) is 0 Å². The molecule has 0 amide bonds. The third kappa shape index (κ3) is 1.71. The van der Waals surface area contributed by atoms with Crippen molar-refractivity contribution in [2.24, 2.45) is 0 Å². The van der Waals surface area contributed by atoms with Gasteiger partial charge in [-0.3, -0.25) is 0 Å². The molecule has 0 nitrogen and oxygen atoms in total. The number of benzene rings is 1. The van der Waals surface area contributed by atoms with Crippen LogP contribution in [0.15, 0.2) is 24.3 Å². The second-order valence-corrected chi connectivity index (χ2v) is 3.83. The van der Waals surface area contributed by atoms with Crippen LogP contribution in [0.4, 0.5) is 0 Å². The first-order valence-electron chi connectivity index (χ1n) is 3.18. The Morgan fingerprint density at radius 3 is 2.44 bits per heavy atom. The van der Waals surface area contributed by atoms with Gasteiger partial charge >= 0.3 is 69.3 Å². The number of hydrogen-bond acceptors (Lipinski definition) is 0.